The van der Waals surface area contributed by atoms with E-state index in [4.69, 9.17) is 11.6 Å². The predicted molar refractivity (Wildman–Crippen MR) is 115 cm³/mol. The number of carbonyl (C=O) groups is 2. The van der Waals surface area contributed by atoms with Gasteiger partial charge in [0.25, 0.3) is 11.8 Å². The van der Waals surface area contributed by atoms with E-state index in [1.54, 1.807) is 55.5 Å². The minimum absolute atomic E-state index is 0.101. The quantitative estimate of drug-likeness (QED) is 0.280. The zero-order valence-corrected chi connectivity index (χ0v) is 16.6. The molecule has 0 saturated heterocycles. The maximum Gasteiger partial charge on any atom is 0.275 e. The van der Waals surface area contributed by atoms with Crippen molar-refractivity contribution in [3.05, 3.63) is 88.4 Å². The summed E-state index contributed by atoms with van der Waals surface area (Å²) >= 11 is 5.84. The van der Waals surface area contributed by atoms with Crippen molar-refractivity contribution in [2.45, 2.75) is 6.92 Å². The monoisotopic (exact) mass is 423 g/mol. The number of phenols is 2. The van der Waals surface area contributed by atoms with Crippen molar-refractivity contribution in [2.24, 2.45) is 5.10 Å². The van der Waals surface area contributed by atoms with E-state index in [-0.39, 0.29) is 23.0 Å². The van der Waals surface area contributed by atoms with Crippen molar-refractivity contribution in [1.29, 1.82) is 0 Å². The number of rotatable bonds is 5. The molecule has 0 unspecified atom stereocenters. The summed E-state index contributed by atoms with van der Waals surface area (Å²) < 4.78 is 0. The average molecular weight is 424 g/mol. The SMILES string of the molecule is C/C(=N/NC(=O)c1cc(O)ccc1O)c1cccc(NC(=O)c2ccc(Cl)cc2)c1. The Morgan fingerprint density at radius 1 is 0.900 bits per heavy atom. The predicted octanol–water partition coefficient (Wildman–Crippen LogP) is 4.16. The molecule has 3 aromatic carbocycles. The first-order valence-electron chi connectivity index (χ1n) is 8.87. The van der Waals surface area contributed by atoms with E-state index in [1.165, 1.54) is 12.1 Å². The number of carbonyl (C=O) groups excluding carboxylic acids is 2. The highest BCUT2D eigenvalue weighted by Crippen LogP contribution is 2.22. The molecular formula is C22H18ClN3O4. The van der Waals surface area contributed by atoms with Gasteiger partial charge < -0.3 is 15.5 Å². The van der Waals surface area contributed by atoms with Crippen LogP contribution in [0.4, 0.5) is 5.69 Å². The van der Waals surface area contributed by atoms with Crippen LogP contribution in [-0.4, -0.2) is 27.7 Å². The van der Waals surface area contributed by atoms with Gasteiger partial charge in [-0.3, -0.25) is 9.59 Å². The van der Waals surface area contributed by atoms with Crippen molar-refractivity contribution >= 4 is 34.8 Å². The molecule has 0 fully saturated rings. The molecule has 7 nitrogen and oxygen atoms in total. The van der Waals surface area contributed by atoms with E-state index in [0.717, 1.165) is 6.07 Å². The largest absolute Gasteiger partial charge is 0.508 e. The molecule has 4 N–H and O–H groups in total. The molecule has 0 saturated carbocycles. The molecule has 152 valence electrons. The average Bonchev–Trinajstić information content (AvgIpc) is 2.74. The Hall–Kier alpha value is -3.84. The molecule has 3 aromatic rings. The van der Waals surface area contributed by atoms with Crippen molar-refractivity contribution < 1.29 is 19.8 Å². The summed E-state index contributed by atoms with van der Waals surface area (Å²) in [5.74, 6) is -1.38. The Labute approximate surface area is 177 Å². The molecule has 0 radical (unpaired) electrons. The fourth-order valence-electron chi connectivity index (χ4n) is 2.59. The Bertz CT molecular complexity index is 1130. The van der Waals surface area contributed by atoms with Crippen LogP contribution < -0.4 is 10.7 Å². The number of benzene rings is 3. The van der Waals surface area contributed by atoms with E-state index >= 15 is 0 Å². The summed E-state index contributed by atoms with van der Waals surface area (Å²) in [6.45, 7) is 1.68. The second kappa shape index (κ2) is 9.11. The lowest BCUT2D eigenvalue weighted by atomic mass is 10.1. The van der Waals surface area contributed by atoms with Gasteiger partial charge in [0.05, 0.1) is 11.3 Å². The number of aromatic hydroxyl groups is 2. The van der Waals surface area contributed by atoms with Crippen molar-refractivity contribution in [1.82, 2.24) is 5.43 Å². The highest BCUT2D eigenvalue weighted by atomic mass is 35.5. The van der Waals surface area contributed by atoms with E-state index in [1.807, 2.05) is 0 Å². The van der Waals surface area contributed by atoms with Crippen LogP contribution in [0.5, 0.6) is 11.5 Å². The Morgan fingerprint density at radius 2 is 1.63 bits per heavy atom. The van der Waals surface area contributed by atoms with Gasteiger partial charge in [-0.1, -0.05) is 23.7 Å². The number of hydrogen-bond acceptors (Lipinski definition) is 5. The van der Waals surface area contributed by atoms with Gasteiger partial charge in [-0.25, -0.2) is 5.43 Å². The summed E-state index contributed by atoms with van der Waals surface area (Å²) in [5, 5.41) is 26.6. The first kappa shape index (κ1) is 20.9. The molecule has 0 heterocycles. The molecule has 0 spiro atoms. The maximum atomic E-state index is 12.4. The van der Waals surface area contributed by atoms with Crippen LogP contribution in [-0.2, 0) is 0 Å². The van der Waals surface area contributed by atoms with Gasteiger partial charge in [-0.2, -0.15) is 5.10 Å². The Balaban J connectivity index is 1.71. The fraction of sp³-hybridized carbons (Fsp3) is 0.0455. The summed E-state index contributed by atoms with van der Waals surface area (Å²) in [6, 6.07) is 17.1. The van der Waals surface area contributed by atoms with Gasteiger partial charge in [0.1, 0.15) is 11.5 Å². The Morgan fingerprint density at radius 3 is 2.37 bits per heavy atom. The number of nitrogens with zero attached hydrogens (tertiary/aromatic N) is 1. The molecule has 2 amide bonds. The van der Waals surface area contributed by atoms with Crippen LogP contribution in [0.15, 0.2) is 71.8 Å². The van der Waals surface area contributed by atoms with Crippen molar-refractivity contribution in [2.75, 3.05) is 5.32 Å². The third kappa shape index (κ3) is 5.15. The number of hydrazone groups is 1. The summed E-state index contributed by atoms with van der Waals surface area (Å²) in [5.41, 5.74) is 4.40. The van der Waals surface area contributed by atoms with Crippen LogP contribution in [0.2, 0.25) is 5.02 Å². The first-order valence-corrected chi connectivity index (χ1v) is 9.25. The number of phenolic OH excluding ortho intramolecular Hbond substituents is 2. The third-order valence-electron chi connectivity index (χ3n) is 4.19. The molecule has 0 aliphatic rings. The minimum atomic E-state index is -0.671. The molecule has 0 aliphatic heterocycles. The van der Waals surface area contributed by atoms with Gasteiger partial charge >= 0.3 is 0 Å². The summed E-state index contributed by atoms with van der Waals surface area (Å²) in [6.07, 6.45) is 0. The molecule has 3 rings (SSSR count). The van der Waals surface area contributed by atoms with Crippen molar-refractivity contribution in [3.63, 3.8) is 0 Å². The molecule has 0 bridgehead atoms. The summed E-state index contributed by atoms with van der Waals surface area (Å²) in [4.78, 5) is 24.5. The number of anilines is 1. The van der Waals surface area contributed by atoms with Gasteiger partial charge in [0.15, 0.2) is 0 Å². The van der Waals surface area contributed by atoms with Crippen molar-refractivity contribution in [3.8, 4) is 11.5 Å². The van der Waals surface area contributed by atoms with Gasteiger partial charge in [0.2, 0.25) is 0 Å². The maximum absolute atomic E-state index is 12.4. The van der Waals surface area contributed by atoms with Crippen LogP contribution in [0.1, 0.15) is 33.2 Å². The van der Waals surface area contributed by atoms with Crippen LogP contribution in [0, 0.1) is 0 Å². The van der Waals surface area contributed by atoms with Gasteiger partial charge in [0, 0.05) is 16.3 Å². The van der Waals surface area contributed by atoms with Crippen LogP contribution in [0.25, 0.3) is 0 Å². The molecule has 0 atom stereocenters. The second-order valence-electron chi connectivity index (χ2n) is 6.38. The van der Waals surface area contributed by atoms with Gasteiger partial charge in [-0.05, 0) is 67.1 Å². The smallest absolute Gasteiger partial charge is 0.275 e. The standard InChI is InChI=1S/C22H18ClN3O4/c1-13(25-26-22(30)19-12-18(27)9-10-20(19)28)15-3-2-4-17(11-15)24-21(29)14-5-7-16(23)8-6-14/h2-12,27-28H,1H3,(H,24,29)(H,26,30)/b25-13-. The van der Waals surface area contributed by atoms with E-state index < -0.39 is 5.91 Å². The minimum Gasteiger partial charge on any atom is -0.508 e. The molecular weight excluding hydrogens is 406 g/mol. The lowest BCUT2D eigenvalue weighted by Gasteiger charge is -2.08. The number of hydrogen-bond donors (Lipinski definition) is 4. The van der Waals surface area contributed by atoms with Gasteiger partial charge in [-0.15, -0.1) is 0 Å². The number of nitrogens with one attached hydrogen (secondary N) is 2. The second-order valence-corrected chi connectivity index (χ2v) is 6.82. The molecule has 30 heavy (non-hydrogen) atoms. The zero-order valence-electron chi connectivity index (χ0n) is 15.9. The normalized spacial score (nSPS) is 11.1. The van der Waals surface area contributed by atoms with E-state index in [0.29, 0.717) is 27.5 Å². The van der Waals surface area contributed by atoms with E-state index in [9.17, 15) is 19.8 Å². The first-order chi connectivity index (χ1) is 14.3. The molecule has 0 aliphatic carbocycles. The van der Waals surface area contributed by atoms with Crippen LogP contribution >= 0.6 is 11.6 Å². The van der Waals surface area contributed by atoms with Crippen LogP contribution in [0.3, 0.4) is 0 Å². The highest BCUT2D eigenvalue weighted by molar-refractivity contribution is 6.30. The molecule has 0 aromatic heterocycles. The third-order valence-corrected chi connectivity index (χ3v) is 4.45. The lowest BCUT2D eigenvalue weighted by Crippen LogP contribution is -2.19. The zero-order chi connectivity index (χ0) is 21.7. The lowest BCUT2D eigenvalue weighted by molar-refractivity contribution is 0.0951. The fourth-order valence-corrected chi connectivity index (χ4v) is 2.72. The number of halogens is 1. The van der Waals surface area contributed by atoms with E-state index in [2.05, 4.69) is 15.8 Å². The number of amides is 2. The highest BCUT2D eigenvalue weighted by Gasteiger charge is 2.12. The molecule has 8 heteroatoms. The topological polar surface area (TPSA) is 111 Å². The summed E-state index contributed by atoms with van der Waals surface area (Å²) in [7, 11) is 0. The Kier molecular flexibility index (Phi) is 6.34.